The van der Waals surface area contributed by atoms with Crippen LogP contribution in [0, 0.1) is 0 Å². The van der Waals surface area contributed by atoms with E-state index in [9.17, 15) is 14.7 Å². The van der Waals surface area contributed by atoms with Crippen LogP contribution in [0.4, 0.5) is 5.69 Å². The van der Waals surface area contributed by atoms with Crippen molar-refractivity contribution in [1.29, 1.82) is 0 Å². The maximum atomic E-state index is 13.0. The number of aromatic hydroxyl groups is 1. The first kappa shape index (κ1) is 21.1. The summed E-state index contributed by atoms with van der Waals surface area (Å²) in [5, 5.41) is 13.5. The van der Waals surface area contributed by atoms with Crippen LogP contribution in [-0.2, 0) is 11.8 Å². The minimum Gasteiger partial charge on any atom is -0.501 e. The van der Waals surface area contributed by atoms with Crippen molar-refractivity contribution in [1.82, 2.24) is 24.1 Å². The molecule has 6 rings (SSSR count). The molecular weight excluding hydrogens is 448 g/mol. The minimum absolute atomic E-state index is 0.0366. The quantitative estimate of drug-likeness (QED) is 0.406. The Kier molecular flexibility index (Phi) is 4.70. The van der Waals surface area contributed by atoms with Gasteiger partial charge in [0.1, 0.15) is 5.52 Å². The summed E-state index contributed by atoms with van der Waals surface area (Å²) in [4.78, 5) is 38.5. The largest absolute Gasteiger partial charge is 0.501 e. The first-order valence-corrected chi connectivity index (χ1v) is 11.4. The smallest absolute Gasteiger partial charge is 0.296 e. The summed E-state index contributed by atoms with van der Waals surface area (Å²) in [7, 11) is 1.55. The summed E-state index contributed by atoms with van der Waals surface area (Å²) in [6, 6.07) is 12.9. The summed E-state index contributed by atoms with van der Waals surface area (Å²) >= 11 is 0. The molecule has 0 unspecified atom stereocenters. The normalized spacial score (nSPS) is 13.9. The molecule has 1 amide bonds. The van der Waals surface area contributed by atoms with Gasteiger partial charge < -0.3 is 19.4 Å². The fraction of sp³-hybridized carbons (Fsp3) is 0.240. The Bertz CT molecular complexity index is 1660. The number of hydrogen-bond acceptors (Lipinski definition) is 7. The molecule has 1 aliphatic carbocycles. The maximum absolute atomic E-state index is 13.0. The average Bonchev–Trinajstić information content (AvgIpc) is 3.38. The second-order valence-electron chi connectivity index (χ2n) is 8.76. The zero-order chi connectivity index (χ0) is 24.3. The zero-order valence-corrected chi connectivity index (χ0v) is 19.1. The van der Waals surface area contributed by atoms with Crippen molar-refractivity contribution in [2.75, 3.05) is 5.32 Å². The van der Waals surface area contributed by atoms with Gasteiger partial charge >= 0.3 is 0 Å². The van der Waals surface area contributed by atoms with Crippen molar-refractivity contribution < 1.29 is 14.3 Å². The first-order valence-electron chi connectivity index (χ1n) is 11.4. The average molecular weight is 470 g/mol. The summed E-state index contributed by atoms with van der Waals surface area (Å²) in [5.41, 5.74) is 2.67. The molecule has 2 N–H and O–H groups in total. The van der Waals surface area contributed by atoms with E-state index < -0.39 is 11.3 Å². The molecule has 10 nitrogen and oxygen atoms in total. The fourth-order valence-corrected chi connectivity index (χ4v) is 4.46. The van der Waals surface area contributed by atoms with Crippen LogP contribution in [0.15, 0.2) is 51.7 Å². The lowest BCUT2D eigenvalue weighted by Gasteiger charge is -2.29. The number of carbonyl (C=O) groups excluding carboxylic acids is 1. The van der Waals surface area contributed by atoms with Crippen LogP contribution in [0.3, 0.4) is 0 Å². The third-order valence-electron chi connectivity index (χ3n) is 6.41. The van der Waals surface area contributed by atoms with Gasteiger partial charge in [-0.1, -0.05) is 12.1 Å². The minimum atomic E-state index is -0.626. The van der Waals surface area contributed by atoms with Crippen LogP contribution < -0.4 is 10.9 Å². The Morgan fingerprint density at radius 3 is 2.60 bits per heavy atom. The molecule has 0 radical (unpaired) electrons. The third kappa shape index (κ3) is 3.37. The number of hydrogen-bond donors (Lipinski definition) is 2. The predicted octanol–water partition coefficient (Wildman–Crippen LogP) is 3.99. The van der Waals surface area contributed by atoms with Gasteiger partial charge in [0.2, 0.25) is 17.5 Å². The Morgan fingerprint density at radius 2 is 1.89 bits per heavy atom. The van der Waals surface area contributed by atoms with E-state index in [-0.39, 0.29) is 29.4 Å². The number of fused-ring (bicyclic) bond motifs is 2. The number of carbonyl (C=O) groups is 1. The van der Waals surface area contributed by atoms with Gasteiger partial charge in [-0.3, -0.25) is 14.2 Å². The van der Waals surface area contributed by atoms with E-state index in [0.29, 0.717) is 28.1 Å². The Balaban J connectivity index is 1.59. The Labute approximate surface area is 198 Å². The molecule has 0 saturated heterocycles. The highest BCUT2D eigenvalue weighted by Crippen LogP contribution is 2.39. The van der Waals surface area contributed by atoms with Gasteiger partial charge in [-0.15, -0.1) is 0 Å². The number of para-hydroxylation sites is 2. The van der Waals surface area contributed by atoms with Crippen molar-refractivity contribution in [3.05, 3.63) is 52.8 Å². The lowest BCUT2D eigenvalue weighted by molar-refractivity contribution is -0.114. The van der Waals surface area contributed by atoms with Crippen LogP contribution in [0.2, 0.25) is 0 Å². The number of benzene rings is 2. The topological polar surface area (TPSA) is 128 Å². The van der Waals surface area contributed by atoms with Gasteiger partial charge in [0.15, 0.2) is 22.9 Å². The maximum Gasteiger partial charge on any atom is 0.296 e. The number of imidazole rings is 1. The van der Waals surface area contributed by atoms with Crippen LogP contribution in [-0.4, -0.2) is 35.1 Å². The molecule has 1 aliphatic rings. The lowest BCUT2D eigenvalue weighted by atomic mass is 9.92. The number of aromatic nitrogens is 5. The van der Waals surface area contributed by atoms with Gasteiger partial charge in [0, 0.05) is 25.7 Å². The van der Waals surface area contributed by atoms with Crippen LogP contribution >= 0.6 is 0 Å². The van der Waals surface area contributed by atoms with Crippen molar-refractivity contribution in [2.45, 2.75) is 32.2 Å². The second kappa shape index (κ2) is 7.79. The van der Waals surface area contributed by atoms with E-state index in [4.69, 9.17) is 9.40 Å². The molecule has 176 valence electrons. The summed E-state index contributed by atoms with van der Waals surface area (Å²) < 4.78 is 9.15. The number of nitrogens with zero attached hydrogens (tertiary/aromatic N) is 5. The van der Waals surface area contributed by atoms with Crippen LogP contribution in [0.5, 0.6) is 5.75 Å². The van der Waals surface area contributed by atoms with Gasteiger partial charge in [0.05, 0.1) is 11.0 Å². The lowest BCUT2D eigenvalue weighted by Crippen LogP contribution is -2.24. The molecule has 1 saturated carbocycles. The van der Waals surface area contributed by atoms with E-state index in [0.717, 1.165) is 24.8 Å². The highest BCUT2D eigenvalue weighted by atomic mass is 16.4. The molecule has 0 spiro atoms. The van der Waals surface area contributed by atoms with Crippen molar-refractivity contribution >= 4 is 33.7 Å². The Morgan fingerprint density at radius 1 is 1.09 bits per heavy atom. The number of rotatable bonds is 4. The highest BCUT2D eigenvalue weighted by Gasteiger charge is 2.29. The summed E-state index contributed by atoms with van der Waals surface area (Å²) in [5.74, 6) is 0.143. The molecule has 0 atom stereocenters. The SMILES string of the molecule is CC(=O)Nc1ccc2nc(-c3nc(-c4nc5ccccc5o4)c(O)c(=O)n3C)n(C3CCC3)c2c1. The van der Waals surface area contributed by atoms with Crippen LogP contribution in [0.1, 0.15) is 32.2 Å². The summed E-state index contributed by atoms with van der Waals surface area (Å²) in [6.07, 6.45) is 3.02. The molecule has 1 fully saturated rings. The number of oxazole rings is 1. The van der Waals surface area contributed by atoms with E-state index in [2.05, 4.69) is 19.9 Å². The molecule has 0 aliphatic heterocycles. The van der Waals surface area contributed by atoms with Gasteiger partial charge in [-0.05, 0) is 49.6 Å². The molecule has 5 aromatic rings. The van der Waals surface area contributed by atoms with E-state index >= 15 is 0 Å². The van der Waals surface area contributed by atoms with Crippen LogP contribution in [0.25, 0.3) is 45.4 Å². The molecule has 2 aromatic carbocycles. The van der Waals surface area contributed by atoms with Gasteiger partial charge in [-0.25, -0.2) is 15.0 Å². The number of nitrogens with one attached hydrogen (secondary N) is 1. The Hall–Kier alpha value is -4.47. The highest BCUT2D eigenvalue weighted by molar-refractivity contribution is 5.92. The van der Waals surface area contributed by atoms with Crippen molar-refractivity contribution in [3.8, 4) is 29.0 Å². The molecule has 35 heavy (non-hydrogen) atoms. The number of amides is 1. The zero-order valence-electron chi connectivity index (χ0n) is 19.1. The third-order valence-corrected chi connectivity index (χ3v) is 6.41. The predicted molar refractivity (Wildman–Crippen MR) is 130 cm³/mol. The standard InChI is InChI=1S/C25H22N6O4/c1-13(32)26-14-10-11-16-18(12-14)31(15-6-5-7-15)23(27-16)22-29-20(21(33)25(34)30(22)2)24-28-17-8-3-4-9-19(17)35-24/h3-4,8-12,15,33H,5-7H2,1-2H3,(H,26,32). The monoisotopic (exact) mass is 470 g/mol. The molecule has 0 bridgehead atoms. The fourth-order valence-electron chi connectivity index (χ4n) is 4.46. The van der Waals surface area contributed by atoms with E-state index in [1.165, 1.54) is 11.5 Å². The van der Waals surface area contributed by atoms with Gasteiger partial charge in [0.25, 0.3) is 5.56 Å². The molecule has 3 aromatic heterocycles. The molecule has 3 heterocycles. The van der Waals surface area contributed by atoms with E-state index in [1.807, 2.05) is 24.3 Å². The number of anilines is 1. The van der Waals surface area contributed by atoms with Crippen molar-refractivity contribution in [3.63, 3.8) is 0 Å². The molecule has 10 heteroatoms. The van der Waals surface area contributed by atoms with Gasteiger partial charge in [-0.2, -0.15) is 0 Å². The van der Waals surface area contributed by atoms with Crippen molar-refractivity contribution in [2.24, 2.45) is 7.05 Å². The second-order valence-corrected chi connectivity index (χ2v) is 8.76. The summed E-state index contributed by atoms with van der Waals surface area (Å²) in [6.45, 7) is 1.46. The van der Waals surface area contributed by atoms with E-state index in [1.54, 1.807) is 25.2 Å². The molecular formula is C25H22N6O4. The first-order chi connectivity index (χ1) is 16.9.